The van der Waals surface area contributed by atoms with E-state index in [1.807, 2.05) is 71.0 Å². The summed E-state index contributed by atoms with van der Waals surface area (Å²) in [6, 6.07) is 12.0. The summed E-state index contributed by atoms with van der Waals surface area (Å²) < 4.78 is 0. The lowest BCUT2D eigenvalue weighted by atomic mass is 10.1. The molecule has 0 saturated carbocycles. The molecular weight excluding hydrogens is 306 g/mol. The van der Waals surface area contributed by atoms with Crippen LogP contribution in [0.15, 0.2) is 47.7 Å². The maximum atomic E-state index is 11.6. The first kappa shape index (κ1) is 21.1. The third-order valence-corrected chi connectivity index (χ3v) is 3.23. The van der Waals surface area contributed by atoms with Crippen LogP contribution in [-0.4, -0.2) is 35.6 Å². The molecule has 0 spiro atoms. The van der Waals surface area contributed by atoms with Crippen molar-refractivity contribution in [1.29, 1.82) is 0 Å². The molecule has 3 rings (SSSR count). The monoisotopic (exact) mass is 335 g/mol. The fourth-order valence-corrected chi connectivity index (χ4v) is 2.41. The zero-order valence-electron chi connectivity index (χ0n) is 15.0. The summed E-state index contributed by atoms with van der Waals surface area (Å²) in [5.74, 6) is 0.0880. The highest BCUT2D eigenvalue weighted by atomic mass is 32.1. The normalized spacial score (nSPS) is 18.0. The standard InChI is InChI=1S/C8H11N3OS.C6H6.2C2H6/c1-4-6-5(10-8(13)9-4)3-11(2)7(6)12;1-2-4-6-5-3-1;2*1-2/h4H,3H2,1-2H3,(H2,9,10,13);1-6H;2*1-2H3. The number of carbonyl (C=O) groups is 1. The van der Waals surface area contributed by atoms with Gasteiger partial charge in [-0.3, -0.25) is 4.79 Å². The van der Waals surface area contributed by atoms with Gasteiger partial charge >= 0.3 is 0 Å². The summed E-state index contributed by atoms with van der Waals surface area (Å²) in [5, 5.41) is 6.63. The summed E-state index contributed by atoms with van der Waals surface area (Å²) in [5.41, 5.74) is 1.76. The minimum Gasteiger partial charge on any atom is -0.356 e. The predicted molar refractivity (Wildman–Crippen MR) is 102 cm³/mol. The Balaban J connectivity index is 0.000000407. The van der Waals surface area contributed by atoms with Gasteiger partial charge in [0.05, 0.1) is 18.2 Å². The SMILES string of the molecule is CC.CC.CC1NC(=S)NC2=C1C(=O)N(C)C2.c1ccccc1. The van der Waals surface area contributed by atoms with Crippen LogP contribution in [0.1, 0.15) is 34.6 Å². The number of hydrogen-bond acceptors (Lipinski definition) is 2. The van der Waals surface area contributed by atoms with Crippen molar-refractivity contribution in [2.45, 2.75) is 40.7 Å². The molecule has 128 valence electrons. The molecule has 4 nitrogen and oxygen atoms in total. The van der Waals surface area contributed by atoms with Gasteiger partial charge in [-0.05, 0) is 19.1 Å². The Morgan fingerprint density at radius 1 is 1.04 bits per heavy atom. The summed E-state index contributed by atoms with van der Waals surface area (Å²) in [6.45, 7) is 10.6. The topological polar surface area (TPSA) is 44.4 Å². The first-order valence-corrected chi connectivity index (χ1v) is 8.56. The molecule has 1 amide bonds. The van der Waals surface area contributed by atoms with Crippen LogP contribution in [0.4, 0.5) is 0 Å². The highest BCUT2D eigenvalue weighted by Crippen LogP contribution is 2.21. The first-order chi connectivity index (χ1) is 11.1. The third-order valence-electron chi connectivity index (χ3n) is 3.01. The second-order valence-corrected chi connectivity index (χ2v) is 4.94. The van der Waals surface area contributed by atoms with Crippen molar-refractivity contribution in [1.82, 2.24) is 15.5 Å². The molecule has 0 saturated heterocycles. The lowest BCUT2D eigenvalue weighted by molar-refractivity contribution is -0.124. The molecule has 1 atom stereocenters. The lowest BCUT2D eigenvalue weighted by Gasteiger charge is -2.23. The molecule has 0 bridgehead atoms. The number of amides is 1. The zero-order chi connectivity index (χ0) is 17.8. The van der Waals surface area contributed by atoms with Crippen LogP contribution in [0.25, 0.3) is 0 Å². The average Bonchev–Trinajstić information content (AvgIpc) is 2.88. The van der Waals surface area contributed by atoms with Gasteiger partial charge in [0.1, 0.15) is 0 Å². The Morgan fingerprint density at radius 2 is 1.48 bits per heavy atom. The molecule has 1 unspecified atom stereocenters. The van der Waals surface area contributed by atoms with Crippen molar-refractivity contribution in [2.24, 2.45) is 0 Å². The summed E-state index contributed by atoms with van der Waals surface area (Å²) in [6.07, 6.45) is 0. The number of likely N-dealkylation sites (N-methyl/N-ethyl adjacent to an activating group) is 1. The average molecular weight is 336 g/mol. The Bertz CT molecular complexity index is 488. The van der Waals surface area contributed by atoms with E-state index in [9.17, 15) is 4.79 Å². The minimum atomic E-state index is 0.0289. The van der Waals surface area contributed by atoms with Gasteiger partial charge in [-0.15, -0.1) is 0 Å². The predicted octanol–water partition coefficient (Wildman–Crippen LogP) is 3.32. The summed E-state index contributed by atoms with van der Waals surface area (Å²) >= 11 is 5.00. The van der Waals surface area contributed by atoms with Crippen LogP contribution in [0.5, 0.6) is 0 Å². The van der Waals surface area contributed by atoms with Gasteiger partial charge in [-0.1, -0.05) is 64.1 Å². The lowest BCUT2D eigenvalue weighted by Crippen LogP contribution is -2.47. The second kappa shape index (κ2) is 11.7. The van der Waals surface area contributed by atoms with Crippen molar-refractivity contribution in [3.63, 3.8) is 0 Å². The van der Waals surface area contributed by atoms with Gasteiger partial charge in [0.15, 0.2) is 5.11 Å². The number of thiocarbonyl (C=S) groups is 1. The number of benzene rings is 1. The second-order valence-electron chi connectivity index (χ2n) is 4.53. The van der Waals surface area contributed by atoms with Crippen molar-refractivity contribution in [2.75, 3.05) is 13.6 Å². The smallest absolute Gasteiger partial charge is 0.253 e. The van der Waals surface area contributed by atoms with Gasteiger partial charge in [-0.2, -0.15) is 0 Å². The first-order valence-electron chi connectivity index (χ1n) is 8.15. The largest absolute Gasteiger partial charge is 0.356 e. The van der Waals surface area contributed by atoms with Gasteiger partial charge in [-0.25, -0.2) is 0 Å². The maximum absolute atomic E-state index is 11.6. The molecule has 5 heteroatoms. The number of nitrogens with zero attached hydrogens (tertiary/aromatic N) is 1. The van der Waals surface area contributed by atoms with Crippen LogP contribution < -0.4 is 10.6 Å². The highest BCUT2D eigenvalue weighted by Gasteiger charge is 2.34. The Kier molecular flexibility index (Phi) is 10.7. The van der Waals surface area contributed by atoms with E-state index in [0.717, 1.165) is 11.3 Å². The third kappa shape index (κ3) is 6.40. The van der Waals surface area contributed by atoms with Crippen LogP contribution in [0.3, 0.4) is 0 Å². The quantitative estimate of drug-likeness (QED) is 0.714. The Hall–Kier alpha value is -1.88. The molecule has 0 fully saturated rings. The van der Waals surface area contributed by atoms with E-state index < -0.39 is 0 Å². The fourth-order valence-electron chi connectivity index (χ4n) is 2.11. The molecule has 1 aromatic carbocycles. The van der Waals surface area contributed by atoms with E-state index in [1.54, 1.807) is 11.9 Å². The van der Waals surface area contributed by atoms with Crippen LogP contribution in [-0.2, 0) is 4.79 Å². The van der Waals surface area contributed by atoms with E-state index in [0.29, 0.717) is 11.7 Å². The van der Waals surface area contributed by atoms with Crippen molar-refractivity contribution in [3.8, 4) is 0 Å². The van der Waals surface area contributed by atoms with E-state index in [4.69, 9.17) is 12.2 Å². The van der Waals surface area contributed by atoms with E-state index in [-0.39, 0.29) is 11.9 Å². The van der Waals surface area contributed by atoms with Gasteiger partial charge in [0.2, 0.25) is 0 Å². The van der Waals surface area contributed by atoms with Crippen molar-refractivity contribution in [3.05, 3.63) is 47.7 Å². The number of carbonyl (C=O) groups excluding carboxylic acids is 1. The van der Waals surface area contributed by atoms with Gasteiger partial charge in [0.25, 0.3) is 5.91 Å². The number of rotatable bonds is 0. The van der Waals surface area contributed by atoms with E-state index >= 15 is 0 Å². The molecule has 0 radical (unpaired) electrons. The molecule has 0 aliphatic carbocycles. The fraction of sp³-hybridized carbons (Fsp3) is 0.444. The molecule has 23 heavy (non-hydrogen) atoms. The van der Waals surface area contributed by atoms with E-state index in [2.05, 4.69) is 10.6 Å². The van der Waals surface area contributed by atoms with Crippen molar-refractivity contribution < 1.29 is 4.79 Å². The molecule has 2 aliphatic heterocycles. The molecule has 2 N–H and O–H groups in total. The minimum absolute atomic E-state index is 0.0289. The maximum Gasteiger partial charge on any atom is 0.253 e. The number of nitrogens with one attached hydrogen (secondary N) is 2. The van der Waals surface area contributed by atoms with E-state index in [1.165, 1.54) is 0 Å². The zero-order valence-corrected chi connectivity index (χ0v) is 15.8. The molecule has 0 aromatic heterocycles. The molecule has 1 aromatic rings. The van der Waals surface area contributed by atoms with Crippen molar-refractivity contribution >= 4 is 23.2 Å². The Labute approximate surface area is 146 Å². The molecule has 2 aliphatic rings. The van der Waals surface area contributed by atoms with Crippen LogP contribution in [0, 0.1) is 0 Å². The summed E-state index contributed by atoms with van der Waals surface area (Å²) in [4.78, 5) is 13.3. The van der Waals surface area contributed by atoms with Crippen LogP contribution >= 0.6 is 12.2 Å². The van der Waals surface area contributed by atoms with Crippen LogP contribution in [0.2, 0.25) is 0 Å². The van der Waals surface area contributed by atoms with Gasteiger partial charge in [0, 0.05) is 12.7 Å². The molecular formula is C18H29N3OS. The van der Waals surface area contributed by atoms with Gasteiger partial charge < -0.3 is 15.5 Å². The Morgan fingerprint density at radius 3 is 1.91 bits per heavy atom. The number of hydrogen-bond donors (Lipinski definition) is 2. The molecule has 2 heterocycles. The summed E-state index contributed by atoms with van der Waals surface area (Å²) in [7, 11) is 1.79. The highest BCUT2D eigenvalue weighted by molar-refractivity contribution is 7.80.